The van der Waals surface area contributed by atoms with E-state index in [1.165, 1.54) is 0 Å². The summed E-state index contributed by atoms with van der Waals surface area (Å²) in [6.07, 6.45) is 2.20. The number of hydrogen-bond donors (Lipinski definition) is 1. The maximum Gasteiger partial charge on any atom is 0.259 e. The third-order valence-corrected chi connectivity index (χ3v) is 4.75. The van der Waals surface area contributed by atoms with E-state index in [1.54, 1.807) is 13.0 Å². The highest BCUT2D eigenvalue weighted by Crippen LogP contribution is 2.31. The molecule has 0 spiro atoms. The highest BCUT2D eigenvalue weighted by molar-refractivity contribution is 6.05. The molecule has 0 atom stereocenters. The number of carbonyl (C=O) groups is 2. The zero-order valence-electron chi connectivity index (χ0n) is 15.9. The van der Waals surface area contributed by atoms with Gasteiger partial charge in [-0.3, -0.25) is 9.59 Å². The van der Waals surface area contributed by atoms with Crippen molar-refractivity contribution in [1.29, 1.82) is 0 Å². The Balaban J connectivity index is 1.79. The summed E-state index contributed by atoms with van der Waals surface area (Å²) in [4.78, 5) is 26.7. The number of rotatable bonds is 5. The van der Waals surface area contributed by atoms with Gasteiger partial charge in [-0.2, -0.15) is 0 Å². The normalized spacial score (nSPS) is 13.9. The molecule has 2 amide bonds. The van der Waals surface area contributed by atoms with E-state index in [-0.39, 0.29) is 11.8 Å². The lowest BCUT2D eigenvalue weighted by Gasteiger charge is -2.30. The van der Waals surface area contributed by atoms with E-state index in [9.17, 15) is 9.59 Å². The zero-order chi connectivity index (χ0) is 18.8. The molecule has 2 aromatic rings. The van der Waals surface area contributed by atoms with E-state index in [1.807, 2.05) is 30.0 Å². The molecule has 1 aliphatic rings. The number of nitrogens with one attached hydrogen (secondary N) is 1. The first-order valence-electron chi connectivity index (χ1n) is 9.17. The first-order valence-corrected chi connectivity index (χ1v) is 9.17. The molecule has 3 rings (SSSR count). The maximum atomic E-state index is 12.5. The SMILES string of the molecule is Cc1cc(C(=O)Nc2ccc3c(c2)CCC(=O)N3CCC(C)C)c(C)o1. The van der Waals surface area contributed by atoms with Crippen LogP contribution in [0.2, 0.25) is 0 Å². The van der Waals surface area contributed by atoms with Crippen molar-refractivity contribution in [1.82, 2.24) is 0 Å². The molecule has 5 nitrogen and oxygen atoms in total. The minimum absolute atomic E-state index is 0.178. The van der Waals surface area contributed by atoms with Crippen molar-refractivity contribution >= 4 is 23.2 Å². The molecule has 0 fully saturated rings. The molecule has 26 heavy (non-hydrogen) atoms. The number of anilines is 2. The second-order valence-corrected chi connectivity index (χ2v) is 7.35. The van der Waals surface area contributed by atoms with E-state index >= 15 is 0 Å². The van der Waals surface area contributed by atoms with Crippen LogP contribution in [0.1, 0.15) is 54.1 Å². The summed E-state index contributed by atoms with van der Waals surface area (Å²) in [5.74, 6) is 1.89. The molecular formula is C21H26N2O3. The number of benzene rings is 1. The predicted molar refractivity (Wildman–Crippen MR) is 103 cm³/mol. The van der Waals surface area contributed by atoms with Gasteiger partial charge in [0.2, 0.25) is 5.91 Å². The fourth-order valence-corrected chi connectivity index (χ4v) is 3.32. The van der Waals surface area contributed by atoms with Crippen LogP contribution >= 0.6 is 0 Å². The Bertz CT molecular complexity index is 836. The van der Waals surface area contributed by atoms with Crippen LogP contribution in [0.25, 0.3) is 0 Å². The highest BCUT2D eigenvalue weighted by Gasteiger charge is 2.24. The largest absolute Gasteiger partial charge is 0.466 e. The summed E-state index contributed by atoms with van der Waals surface area (Å²) in [5, 5.41) is 2.94. The van der Waals surface area contributed by atoms with Crippen LogP contribution in [0.15, 0.2) is 28.7 Å². The van der Waals surface area contributed by atoms with Crippen LogP contribution in [0.5, 0.6) is 0 Å². The van der Waals surface area contributed by atoms with Crippen LogP contribution in [-0.2, 0) is 11.2 Å². The number of carbonyl (C=O) groups excluding carboxylic acids is 2. The van der Waals surface area contributed by atoms with Crippen molar-refractivity contribution in [2.45, 2.75) is 47.0 Å². The fraction of sp³-hybridized carbons (Fsp3) is 0.429. The molecule has 0 radical (unpaired) electrons. The van der Waals surface area contributed by atoms with Crippen LogP contribution in [0.3, 0.4) is 0 Å². The fourth-order valence-electron chi connectivity index (χ4n) is 3.32. The Kier molecular flexibility index (Phi) is 5.16. The molecule has 0 unspecified atom stereocenters. The lowest BCUT2D eigenvalue weighted by Crippen LogP contribution is -2.36. The monoisotopic (exact) mass is 354 g/mol. The minimum Gasteiger partial charge on any atom is -0.466 e. The van der Waals surface area contributed by atoms with Gasteiger partial charge in [-0.05, 0) is 62.4 Å². The molecule has 0 bridgehead atoms. The quantitative estimate of drug-likeness (QED) is 0.861. The van der Waals surface area contributed by atoms with Gasteiger partial charge in [0, 0.05) is 24.3 Å². The Morgan fingerprint density at radius 1 is 1.23 bits per heavy atom. The molecule has 1 aromatic heterocycles. The van der Waals surface area contributed by atoms with E-state index in [2.05, 4.69) is 19.2 Å². The second kappa shape index (κ2) is 7.36. The Morgan fingerprint density at radius 2 is 2.00 bits per heavy atom. The zero-order valence-corrected chi connectivity index (χ0v) is 15.9. The van der Waals surface area contributed by atoms with Gasteiger partial charge in [0.05, 0.1) is 5.56 Å². The van der Waals surface area contributed by atoms with Crippen molar-refractivity contribution in [2.75, 3.05) is 16.8 Å². The lowest BCUT2D eigenvalue weighted by molar-refractivity contribution is -0.118. The van der Waals surface area contributed by atoms with Gasteiger partial charge in [0.15, 0.2) is 0 Å². The van der Waals surface area contributed by atoms with Gasteiger partial charge >= 0.3 is 0 Å². The molecule has 1 aromatic carbocycles. The molecule has 1 N–H and O–H groups in total. The van der Waals surface area contributed by atoms with Gasteiger partial charge in [-0.25, -0.2) is 0 Å². The number of amides is 2. The average Bonchev–Trinajstić information content (AvgIpc) is 2.92. The van der Waals surface area contributed by atoms with Gasteiger partial charge < -0.3 is 14.6 Å². The highest BCUT2D eigenvalue weighted by atomic mass is 16.3. The van der Waals surface area contributed by atoms with E-state index in [4.69, 9.17) is 4.42 Å². The van der Waals surface area contributed by atoms with Crippen LogP contribution in [-0.4, -0.2) is 18.4 Å². The standard InChI is InChI=1S/C21H26N2O3/c1-13(2)9-10-23-19-7-6-17(12-16(19)5-8-20(23)24)22-21(25)18-11-14(3)26-15(18)4/h6-7,11-13H,5,8-10H2,1-4H3,(H,22,25). The number of furan rings is 1. The van der Waals surface area contributed by atoms with Gasteiger partial charge in [-0.15, -0.1) is 0 Å². The Morgan fingerprint density at radius 3 is 2.65 bits per heavy atom. The van der Waals surface area contributed by atoms with Crippen molar-refractivity contribution in [2.24, 2.45) is 5.92 Å². The van der Waals surface area contributed by atoms with Crippen molar-refractivity contribution in [3.8, 4) is 0 Å². The van der Waals surface area contributed by atoms with Crippen LogP contribution in [0, 0.1) is 19.8 Å². The minimum atomic E-state index is -0.178. The topological polar surface area (TPSA) is 62.6 Å². The summed E-state index contributed by atoms with van der Waals surface area (Å²) >= 11 is 0. The molecule has 5 heteroatoms. The smallest absolute Gasteiger partial charge is 0.259 e. The van der Waals surface area contributed by atoms with Gasteiger partial charge in [-0.1, -0.05) is 13.8 Å². The maximum absolute atomic E-state index is 12.5. The van der Waals surface area contributed by atoms with E-state index in [0.29, 0.717) is 30.1 Å². The Labute approximate surface area is 154 Å². The number of hydrogen-bond acceptors (Lipinski definition) is 3. The third kappa shape index (κ3) is 3.82. The average molecular weight is 354 g/mol. The molecule has 0 saturated carbocycles. The summed E-state index contributed by atoms with van der Waals surface area (Å²) in [6.45, 7) is 8.67. The molecule has 0 saturated heterocycles. The Hall–Kier alpha value is -2.56. The first kappa shape index (κ1) is 18.2. The van der Waals surface area contributed by atoms with Crippen molar-refractivity contribution < 1.29 is 14.0 Å². The first-order chi connectivity index (χ1) is 12.3. The van der Waals surface area contributed by atoms with Crippen LogP contribution < -0.4 is 10.2 Å². The predicted octanol–water partition coefficient (Wildman–Crippen LogP) is 4.47. The van der Waals surface area contributed by atoms with Crippen molar-refractivity contribution in [3.63, 3.8) is 0 Å². The second-order valence-electron chi connectivity index (χ2n) is 7.35. The van der Waals surface area contributed by atoms with Gasteiger partial charge in [0.1, 0.15) is 11.5 Å². The summed E-state index contributed by atoms with van der Waals surface area (Å²) in [6, 6.07) is 7.52. The molecule has 1 aliphatic heterocycles. The lowest BCUT2D eigenvalue weighted by atomic mass is 9.99. The number of aryl methyl sites for hydroxylation is 3. The summed E-state index contributed by atoms with van der Waals surface area (Å²) < 4.78 is 5.43. The van der Waals surface area contributed by atoms with E-state index in [0.717, 1.165) is 35.7 Å². The molecule has 2 heterocycles. The molecule has 0 aliphatic carbocycles. The van der Waals surface area contributed by atoms with Crippen LogP contribution in [0.4, 0.5) is 11.4 Å². The van der Waals surface area contributed by atoms with Crippen molar-refractivity contribution in [3.05, 3.63) is 46.9 Å². The molecule has 138 valence electrons. The number of nitrogens with zero attached hydrogens (tertiary/aromatic N) is 1. The molecular weight excluding hydrogens is 328 g/mol. The third-order valence-electron chi connectivity index (χ3n) is 4.75. The van der Waals surface area contributed by atoms with Gasteiger partial charge in [0.25, 0.3) is 5.91 Å². The summed E-state index contributed by atoms with van der Waals surface area (Å²) in [7, 11) is 0. The van der Waals surface area contributed by atoms with E-state index < -0.39 is 0 Å². The number of fused-ring (bicyclic) bond motifs is 1. The summed E-state index contributed by atoms with van der Waals surface area (Å²) in [5.41, 5.74) is 3.36.